The summed E-state index contributed by atoms with van der Waals surface area (Å²) in [6.07, 6.45) is 0. The summed E-state index contributed by atoms with van der Waals surface area (Å²) in [5.74, 6) is -0.216. The first-order valence-corrected chi connectivity index (χ1v) is 9.64. The van der Waals surface area contributed by atoms with E-state index in [2.05, 4.69) is 36.8 Å². The van der Waals surface area contributed by atoms with E-state index < -0.39 is 12.0 Å². The van der Waals surface area contributed by atoms with Crippen LogP contribution in [0.4, 0.5) is 5.95 Å². The van der Waals surface area contributed by atoms with Gasteiger partial charge in [-0.05, 0) is 52.4 Å². The molecule has 1 aromatic heterocycles. The van der Waals surface area contributed by atoms with E-state index in [1.54, 1.807) is 31.4 Å². The molecule has 0 spiro atoms. The van der Waals surface area contributed by atoms with Crippen molar-refractivity contribution in [2.75, 3.05) is 19.5 Å². The van der Waals surface area contributed by atoms with Crippen LogP contribution in [-0.2, 0) is 9.53 Å². The molecule has 152 valence electrons. The number of tetrazole rings is 1. The molecule has 1 aliphatic rings. The van der Waals surface area contributed by atoms with E-state index >= 15 is 0 Å². The molecule has 2 heterocycles. The quantitative estimate of drug-likeness (QED) is 0.448. The SMILES string of the molecule is COC(=O)C1=C(C(=O)c2ccc(OC)cc2)[C@@H](c2cccc(Br)c2)n2nnnc2N1. The van der Waals surface area contributed by atoms with Crippen molar-refractivity contribution in [2.45, 2.75) is 6.04 Å². The number of aromatic nitrogens is 4. The molecule has 3 aromatic rings. The highest BCUT2D eigenvalue weighted by atomic mass is 79.9. The van der Waals surface area contributed by atoms with Gasteiger partial charge in [0.1, 0.15) is 17.5 Å². The molecular formula is C20H16BrN5O4. The number of hydrogen-bond donors (Lipinski definition) is 1. The monoisotopic (exact) mass is 469 g/mol. The number of Topliss-reactive ketones (excluding diaryl/α,β-unsaturated/α-hetero) is 1. The lowest BCUT2D eigenvalue weighted by molar-refractivity contribution is -0.136. The third-order valence-corrected chi connectivity index (χ3v) is 5.16. The Balaban J connectivity index is 1.93. The Kier molecular flexibility index (Phi) is 5.32. The summed E-state index contributed by atoms with van der Waals surface area (Å²) in [6, 6.07) is 13.3. The van der Waals surface area contributed by atoms with Crippen molar-refractivity contribution in [2.24, 2.45) is 0 Å². The van der Waals surface area contributed by atoms with Crippen LogP contribution >= 0.6 is 15.9 Å². The zero-order chi connectivity index (χ0) is 21.3. The highest BCUT2D eigenvalue weighted by Gasteiger charge is 2.38. The van der Waals surface area contributed by atoms with Gasteiger partial charge in [-0.15, -0.1) is 0 Å². The van der Waals surface area contributed by atoms with E-state index in [0.717, 1.165) is 10.0 Å². The van der Waals surface area contributed by atoms with E-state index in [-0.39, 0.29) is 23.0 Å². The minimum Gasteiger partial charge on any atom is -0.497 e. The Labute approximate surface area is 179 Å². The number of esters is 1. The maximum atomic E-state index is 13.6. The Morgan fingerprint density at radius 1 is 1.13 bits per heavy atom. The lowest BCUT2D eigenvalue weighted by Gasteiger charge is -2.28. The zero-order valence-corrected chi connectivity index (χ0v) is 17.6. The number of halogens is 1. The predicted octanol–water partition coefficient (Wildman–Crippen LogP) is 2.77. The van der Waals surface area contributed by atoms with E-state index in [4.69, 9.17) is 9.47 Å². The lowest BCUT2D eigenvalue weighted by atomic mass is 9.89. The number of ketones is 1. The Hall–Kier alpha value is -3.53. The maximum Gasteiger partial charge on any atom is 0.355 e. The molecule has 0 unspecified atom stereocenters. The molecule has 0 aliphatic carbocycles. The molecule has 0 fully saturated rings. The van der Waals surface area contributed by atoms with Crippen LogP contribution in [0.5, 0.6) is 5.75 Å². The second-order valence-corrected chi connectivity index (χ2v) is 7.28. The van der Waals surface area contributed by atoms with Crippen molar-refractivity contribution in [3.63, 3.8) is 0 Å². The van der Waals surface area contributed by atoms with Crippen LogP contribution in [-0.4, -0.2) is 46.2 Å². The molecule has 0 saturated heterocycles. The van der Waals surface area contributed by atoms with Gasteiger partial charge in [0.25, 0.3) is 0 Å². The van der Waals surface area contributed by atoms with Gasteiger partial charge in [-0.1, -0.05) is 33.2 Å². The number of hydrogen-bond acceptors (Lipinski definition) is 8. The first-order valence-electron chi connectivity index (χ1n) is 8.85. The molecule has 0 amide bonds. The first kappa shape index (κ1) is 19.8. The molecule has 4 rings (SSSR count). The van der Waals surface area contributed by atoms with Crippen LogP contribution in [0.25, 0.3) is 0 Å². The van der Waals surface area contributed by atoms with Crippen molar-refractivity contribution in [1.82, 2.24) is 20.2 Å². The topological polar surface area (TPSA) is 108 Å². The number of ether oxygens (including phenoxy) is 2. The smallest absolute Gasteiger partial charge is 0.355 e. The normalized spacial score (nSPS) is 15.2. The van der Waals surface area contributed by atoms with Gasteiger partial charge < -0.3 is 14.8 Å². The molecule has 2 aromatic carbocycles. The van der Waals surface area contributed by atoms with Crippen molar-refractivity contribution in [3.05, 3.63) is 75.4 Å². The number of methoxy groups -OCH3 is 2. The molecule has 1 aliphatic heterocycles. The minimum atomic E-state index is -0.738. The van der Waals surface area contributed by atoms with Crippen molar-refractivity contribution in [3.8, 4) is 5.75 Å². The highest BCUT2D eigenvalue weighted by Crippen LogP contribution is 2.37. The number of benzene rings is 2. The van der Waals surface area contributed by atoms with Gasteiger partial charge in [-0.25, -0.2) is 4.79 Å². The number of nitrogens with one attached hydrogen (secondary N) is 1. The van der Waals surface area contributed by atoms with E-state index in [1.165, 1.54) is 11.8 Å². The van der Waals surface area contributed by atoms with Crippen molar-refractivity contribution >= 4 is 33.6 Å². The van der Waals surface area contributed by atoms with Gasteiger partial charge in [-0.3, -0.25) is 4.79 Å². The van der Waals surface area contributed by atoms with E-state index in [0.29, 0.717) is 11.3 Å². The molecule has 0 saturated carbocycles. The number of anilines is 1. The van der Waals surface area contributed by atoms with Gasteiger partial charge in [0.05, 0.1) is 19.8 Å². The Morgan fingerprint density at radius 3 is 2.57 bits per heavy atom. The molecular weight excluding hydrogens is 454 g/mol. The number of fused-ring (bicyclic) bond motifs is 1. The molecule has 1 N–H and O–H groups in total. The molecule has 0 radical (unpaired) electrons. The average Bonchev–Trinajstić information content (AvgIpc) is 3.25. The summed E-state index contributed by atoms with van der Waals surface area (Å²) < 4.78 is 12.4. The second-order valence-electron chi connectivity index (χ2n) is 6.37. The molecule has 0 bridgehead atoms. The zero-order valence-electron chi connectivity index (χ0n) is 16.0. The fourth-order valence-corrected chi connectivity index (χ4v) is 3.69. The molecule has 10 heteroatoms. The fourth-order valence-electron chi connectivity index (χ4n) is 3.27. The molecule has 30 heavy (non-hydrogen) atoms. The number of nitrogens with zero attached hydrogens (tertiary/aromatic N) is 4. The molecule has 1 atom stereocenters. The van der Waals surface area contributed by atoms with Crippen molar-refractivity contribution < 1.29 is 19.1 Å². The first-order chi connectivity index (χ1) is 14.5. The van der Waals surface area contributed by atoms with Crippen LogP contribution < -0.4 is 10.1 Å². The number of carbonyl (C=O) groups is 2. The summed E-state index contributed by atoms with van der Waals surface area (Å²) in [6.45, 7) is 0. The van der Waals surface area contributed by atoms with Gasteiger partial charge in [0.15, 0.2) is 5.78 Å². The van der Waals surface area contributed by atoms with Gasteiger partial charge in [0.2, 0.25) is 5.95 Å². The summed E-state index contributed by atoms with van der Waals surface area (Å²) in [5, 5.41) is 14.5. The minimum absolute atomic E-state index is 0.00871. The third-order valence-electron chi connectivity index (χ3n) is 4.67. The largest absolute Gasteiger partial charge is 0.497 e. The third kappa shape index (κ3) is 3.45. The second kappa shape index (κ2) is 8.07. The van der Waals surface area contributed by atoms with Crippen LogP contribution in [0.2, 0.25) is 0 Å². The van der Waals surface area contributed by atoms with E-state index in [1.807, 2.05) is 24.3 Å². The summed E-state index contributed by atoms with van der Waals surface area (Å²) >= 11 is 3.45. The number of allylic oxidation sites excluding steroid dienone is 1. The van der Waals surface area contributed by atoms with Crippen LogP contribution in [0.15, 0.2) is 64.3 Å². The maximum absolute atomic E-state index is 13.6. The summed E-state index contributed by atoms with van der Waals surface area (Å²) in [7, 11) is 2.79. The number of carbonyl (C=O) groups excluding carboxylic acids is 2. The van der Waals surface area contributed by atoms with Crippen LogP contribution in [0.3, 0.4) is 0 Å². The Bertz CT molecular complexity index is 1160. The summed E-state index contributed by atoms with van der Waals surface area (Å²) in [4.78, 5) is 26.2. The molecule has 9 nitrogen and oxygen atoms in total. The highest BCUT2D eigenvalue weighted by molar-refractivity contribution is 9.10. The lowest BCUT2D eigenvalue weighted by Crippen LogP contribution is -2.32. The summed E-state index contributed by atoms with van der Waals surface area (Å²) in [5.41, 5.74) is 1.26. The van der Waals surface area contributed by atoms with Gasteiger partial charge in [-0.2, -0.15) is 4.68 Å². The van der Waals surface area contributed by atoms with Crippen molar-refractivity contribution in [1.29, 1.82) is 0 Å². The predicted molar refractivity (Wildman–Crippen MR) is 110 cm³/mol. The van der Waals surface area contributed by atoms with E-state index in [9.17, 15) is 9.59 Å². The Morgan fingerprint density at radius 2 is 1.90 bits per heavy atom. The average molecular weight is 470 g/mol. The standard InChI is InChI=1S/C20H16BrN5O4/c1-29-14-8-6-11(7-9-14)18(27)15-16(19(28)30-2)22-20-23-24-25-26(20)17(15)12-4-3-5-13(21)10-12/h3-10,17H,1-2H3,(H,22,23,25)/t17-/m1/s1. The van der Waals surface area contributed by atoms with Gasteiger partial charge in [0, 0.05) is 10.0 Å². The van der Waals surface area contributed by atoms with Crippen LogP contribution in [0.1, 0.15) is 22.0 Å². The number of rotatable bonds is 5. The van der Waals surface area contributed by atoms with Gasteiger partial charge >= 0.3 is 5.97 Å². The fraction of sp³-hybridized carbons (Fsp3) is 0.150. The van der Waals surface area contributed by atoms with Crippen LogP contribution in [0, 0.1) is 0 Å².